The minimum atomic E-state index is -0.465. The Kier molecular flexibility index (Phi) is 5.23. The third kappa shape index (κ3) is 3.58. The van der Waals surface area contributed by atoms with Gasteiger partial charge in [-0.25, -0.2) is 0 Å². The Hall–Kier alpha value is -3.90. The van der Waals surface area contributed by atoms with Gasteiger partial charge in [0.25, 0.3) is 5.56 Å². The Labute approximate surface area is 193 Å². The first-order valence-corrected chi connectivity index (χ1v) is 10.7. The van der Waals surface area contributed by atoms with Gasteiger partial charge in [-0.3, -0.25) is 14.2 Å². The number of methoxy groups -OCH3 is 1. The Bertz CT molecular complexity index is 1610. The van der Waals surface area contributed by atoms with E-state index in [0.29, 0.717) is 33.1 Å². The highest BCUT2D eigenvalue weighted by atomic mass is 35.5. The molecule has 5 rings (SSSR count). The van der Waals surface area contributed by atoms with Crippen LogP contribution in [0.15, 0.2) is 86.8 Å². The molecular formula is C26H19ClN2O4. The zero-order valence-corrected chi connectivity index (χ0v) is 18.7. The molecule has 0 amide bonds. The van der Waals surface area contributed by atoms with Crippen LogP contribution in [0.25, 0.3) is 33.5 Å². The molecule has 0 fully saturated rings. The van der Waals surface area contributed by atoms with E-state index in [1.807, 2.05) is 37.3 Å². The fourth-order valence-electron chi connectivity index (χ4n) is 3.97. The lowest BCUT2D eigenvalue weighted by atomic mass is 10.1. The van der Waals surface area contributed by atoms with Crippen molar-refractivity contribution in [2.24, 2.45) is 0 Å². The summed E-state index contributed by atoms with van der Waals surface area (Å²) in [6, 6.07) is 21.1. The van der Waals surface area contributed by atoms with E-state index in [1.54, 1.807) is 42.5 Å². The Morgan fingerprint density at radius 1 is 1.00 bits per heavy atom. The second-order valence-electron chi connectivity index (χ2n) is 7.68. The first-order chi connectivity index (χ1) is 16.0. The van der Waals surface area contributed by atoms with E-state index >= 15 is 0 Å². The minimum absolute atomic E-state index is 0.0211. The number of ether oxygens (including phenoxy) is 1. The molecule has 0 aliphatic heterocycles. The average Bonchev–Trinajstić information content (AvgIpc) is 2.84. The third-order valence-corrected chi connectivity index (χ3v) is 5.97. The predicted octanol–water partition coefficient (Wildman–Crippen LogP) is 5.44. The Balaban J connectivity index is 1.89. The van der Waals surface area contributed by atoms with Crippen molar-refractivity contribution in [1.29, 1.82) is 0 Å². The molecule has 0 radical (unpaired) electrons. The molecule has 0 aliphatic carbocycles. The molecule has 2 aromatic heterocycles. The summed E-state index contributed by atoms with van der Waals surface area (Å²) in [6.07, 6.45) is 0. The molecule has 0 saturated carbocycles. The van der Waals surface area contributed by atoms with E-state index in [0.717, 1.165) is 5.56 Å². The second-order valence-corrected chi connectivity index (χ2v) is 8.11. The maximum absolute atomic E-state index is 13.8. The molecule has 2 heterocycles. The summed E-state index contributed by atoms with van der Waals surface area (Å²) in [6.45, 7) is 1.90. The van der Waals surface area contributed by atoms with Crippen LogP contribution in [-0.2, 0) is 0 Å². The molecule has 0 aliphatic rings. The van der Waals surface area contributed by atoms with Gasteiger partial charge in [0.1, 0.15) is 17.2 Å². The predicted molar refractivity (Wildman–Crippen MR) is 129 cm³/mol. The summed E-state index contributed by atoms with van der Waals surface area (Å²) in [5.41, 5.74) is 0.971. The molecule has 3 aromatic carbocycles. The van der Waals surface area contributed by atoms with Crippen molar-refractivity contribution >= 4 is 33.7 Å². The van der Waals surface area contributed by atoms with Crippen LogP contribution in [0.5, 0.6) is 5.75 Å². The number of rotatable bonds is 4. The van der Waals surface area contributed by atoms with Gasteiger partial charge in [-0.15, -0.1) is 0 Å². The number of hydrogen-bond donors (Lipinski definition) is 0. The topological polar surface area (TPSA) is 74.3 Å². The summed E-state index contributed by atoms with van der Waals surface area (Å²) in [7, 11) is 1.53. The van der Waals surface area contributed by atoms with Gasteiger partial charge in [0.15, 0.2) is 5.39 Å². The van der Waals surface area contributed by atoms with Gasteiger partial charge in [0.05, 0.1) is 18.5 Å². The highest BCUT2D eigenvalue weighted by molar-refractivity contribution is 6.30. The zero-order chi connectivity index (χ0) is 23.1. The van der Waals surface area contributed by atoms with Crippen LogP contribution >= 0.6 is 11.6 Å². The van der Waals surface area contributed by atoms with Gasteiger partial charge in [-0.05, 0) is 48.9 Å². The Morgan fingerprint density at radius 2 is 1.73 bits per heavy atom. The summed E-state index contributed by atoms with van der Waals surface area (Å²) < 4.78 is 12.7. The average molecular weight is 459 g/mol. The molecule has 6 nitrogen and oxygen atoms in total. The van der Waals surface area contributed by atoms with Crippen molar-refractivity contribution < 1.29 is 9.15 Å². The summed E-state index contributed by atoms with van der Waals surface area (Å²) in [5.74, 6) is 0.917. The maximum atomic E-state index is 13.8. The second kappa shape index (κ2) is 8.22. The van der Waals surface area contributed by atoms with Crippen LogP contribution in [0.3, 0.4) is 0 Å². The molecule has 0 saturated heterocycles. The van der Waals surface area contributed by atoms with Crippen LogP contribution in [-0.4, -0.2) is 16.7 Å². The quantitative estimate of drug-likeness (QED) is 0.335. The summed E-state index contributed by atoms with van der Waals surface area (Å²) in [5, 5.41) is 0.766. The number of nitrogens with zero attached hydrogens (tertiary/aromatic N) is 2. The number of halogens is 1. The molecule has 5 aromatic rings. The molecule has 164 valence electrons. The van der Waals surface area contributed by atoms with Crippen LogP contribution in [0.2, 0.25) is 5.02 Å². The lowest BCUT2D eigenvalue weighted by molar-refractivity contribution is 0.414. The van der Waals surface area contributed by atoms with E-state index < -0.39 is 11.0 Å². The molecule has 0 spiro atoms. The maximum Gasteiger partial charge on any atom is 0.269 e. The standard InChI is InChI=1S/C26H19ClN2O4/c1-15(16-6-4-3-5-7-16)29-24(17-8-10-18(27)11-9-17)28-25-22(26(29)31)23(30)20-13-12-19(32-2)14-21(20)33-25/h3-15H,1-2H3. The molecular weight excluding hydrogens is 440 g/mol. The normalized spacial score (nSPS) is 12.2. The van der Waals surface area contributed by atoms with Gasteiger partial charge in [0.2, 0.25) is 11.1 Å². The minimum Gasteiger partial charge on any atom is -0.497 e. The number of hydrogen-bond acceptors (Lipinski definition) is 5. The summed E-state index contributed by atoms with van der Waals surface area (Å²) >= 11 is 6.08. The lowest BCUT2D eigenvalue weighted by Gasteiger charge is -2.20. The number of benzene rings is 3. The molecule has 1 atom stereocenters. The van der Waals surface area contributed by atoms with Gasteiger partial charge in [0, 0.05) is 16.7 Å². The fourth-order valence-corrected chi connectivity index (χ4v) is 4.09. The monoisotopic (exact) mass is 458 g/mol. The van der Waals surface area contributed by atoms with E-state index in [9.17, 15) is 9.59 Å². The van der Waals surface area contributed by atoms with Gasteiger partial charge >= 0.3 is 0 Å². The fraction of sp³-hybridized carbons (Fsp3) is 0.115. The van der Waals surface area contributed by atoms with Crippen molar-refractivity contribution in [3.63, 3.8) is 0 Å². The smallest absolute Gasteiger partial charge is 0.269 e. The van der Waals surface area contributed by atoms with Crippen LogP contribution in [0, 0.1) is 0 Å². The van der Waals surface area contributed by atoms with Crippen molar-refractivity contribution in [3.8, 4) is 17.1 Å². The van der Waals surface area contributed by atoms with E-state index in [4.69, 9.17) is 20.8 Å². The van der Waals surface area contributed by atoms with Crippen LogP contribution < -0.4 is 15.7 Å². The largest absolute Gasteiger partial charge is 0.497 e. The molecule has 7 heteroatoms. The van der Waals surface area contributed by atoms with Gasteiger partial charge < -0.3 is 9.15 Å². The first kappa shape index (κ1) is 21.0. The molecule has 0 bridgehead atoms. The van der Waals surface area contributed by atoms with Crippen LogP contribution in [0.4, 0.5) is 0 Å². The molecule has 1 unspecified atom stereocenters. The summed E-state index contributed by atoms with van der Waals surface area (Å²) in [4.78, 5) is 31.8. The highest BCUT2D eigenvalue weighted by Gasteiger charge is 2.22. The van der Waals surface area contributed by atoms with E-state index in [2.05, 4.69) is 4.98 Å². The zero-order valence-electron chi connectivity index (χ0n) is 17.9. The first-order valence-electron chi connectivity index (χ1n) is 10.4. The molecule has 33 heavy (non-hydrogen) atoms. The Morgan fingerprint density at radius 3 is 2.42 bits per heavy atom. The van der Waals surface area contributed by atoms with Gasteiger partial charge in [-0.1, -0.05) is 41.9 Å². The van der Waals surface area contributed by atoms with Crippen LogP contribution in [0.1, 0.15) is 18.5 Å². The van der Waals surface area contributed by atoms with Crippen molar-refractivity contribution in [1.82, 2.24) is 9.55 Å². The van der Waals surface area contributed by atoms with Crippen molar-refractivity contribution in [3.05, 3.63) is 104 Å². The van der Waals surface area contributed by atoms with E-state index in [1.165, 1.54) is 11.7 Å². The number of fused-ring (bicyclic) bond motifs is 2. The lowest BCUT2D eigenvalue weighted by Crippen LogP contribution is -2.30. The van der Waals surface area contributed by atoms with Crippen molar-refractivity contribution in [2.45, 2.75) is 13.0 Å². The third-order valence-electron chi connectivity index (χ3n) is 5.72. The molecule has 0 N–H and O–H groups in total. The highest BCUT2D eigenvalue weighted by Crippen LogP contribution is 2.27. The SMILES string of the molecule is COc1ccc2c(=O)c3c(=O)n(C(C)c4ccccc4)c(-c4ccc(Cl)cc4)nc3oc2c1. The van der Waals surface area contributed by atoms with Gasteiger partial charge in [-0.2, -0.15) is 4.98 Å². The number of aromatic nitrogens is 2. The van der Waals surface area contributed by atoms with E-state index in [-0.39, 0.29) is 17.1 Å². The van der Waals surface area contributed by atoms with Crippen molar-refractivity contribution in [2.75, 3.05) is 7.11 Å².